The van der Waals surface area contributed by atoms with Crippen molar-refractivity contribution in [2.24, 2.45) is 0 Å². The minimum atomic E-state index is 0.161. The molecule has 0 saturated carbocycles. The van der Waals surface area contributed by atoms with Gasteiger partial charge in [-0.15, -0.1) is 11.8 Å². The van der Waals surface area contributed by atoms with Crippen molar-refractivity contribution in [2.45, 2.75) is 4.90 Å². The van der Waals surface area contributed by atoms with E-state index in [1.807, 2.05) is 72.8 Å². The highest BCUT2D eigenvalue weighted by Crippen LogP contribution is 2.21. The van der Waals surface area contributed by atoms with Crippen LogP contribution in [0, 0.1) is 0 Å². The van der Waals surface area contributed by atoms with Gasteiger partial charge in [-0.3, -0.25) is 4.79 Å². The Bertz CT molecular complexity index is 734. The third-order valence-electron chi connectivity index (χ3n) is 3.43. The zero-order valence-corrected chi connectivity index (χ0v) is 12.9. The van der Waals surface area contributed by atoms with Crippen molar-refractivity contribution in [1.29, 1.82) is 0 Å². The van der Waals surface area contributed by atoms with Crippen LogP contribution in [-0.2, 0) is 0 Å². The molecule has 3 rings (SSSR count). The summed E-state index contributed by atoms with van der Waals surface area (Å²) < 4.78 is 0. The first-order valence-electron chi connectivity index (χ1n) is 7.19. The molecule has 0 atom stereocenters. The van der Waals surface area contributed by atoms with Crippen LogP contribution in [0.15, 0.2) is 89.8 Å². The molecule has 0 radical (unpaired) electrons. The summed E-state index contributed by atoms with van der Waals surface area (Å²) >= 11 is 1.57. The monoisotopic (exact) mass is 304 g/mol. The lowest BCUT2D eigenvalue weighted by Gasteiger charge is -2.04. The van der Waals surface area contributed by atoms with Crippen molar-refractivity contribution in [2.75, 3.05) is 5.75 Å². The van der Waals surface area contributed by atoms with Gasteiger partial charge in [0.1, 0.15) is 0 Å². The van der Waals surface area contributed by atoms with Gasteiger partial charge in [-0.2, -0.15) is 0 Å². The maximum atomic E-state index is 12.2. The molecule has 0 fully saturated rings. The number of carbonyl (C=O) groups excluding carboxylic acids is 1. The van der Waals surface area contributed by atoms with Crippen molar-refractivity contribution in [3.8, 4) is 11.1 Å². The molecule has 1 nitrogen and oxygen atoms in total. The average Bonchev–Trinajstić information content (AvgIpc) is 2.61. The van der Waals surface area contributed by atoms with Gasteiger partial charge < -0.3 is 0 Å². The minimum Gasteiger partial charge on any atom is -0.293 e. The molecule has 0 N–H and O–H groups in total. The molecule has 22 heavy (non-hydrogen) atoms. The van der Waals surface area contributed by atoms with Crippen molar-refractivity contribution in [1.82, 2.24) is 0 Å². The SMILES string of the molecule is O=C(CSc1ccccc1)c1ccc(-c2ccccc2)cc1. The predicted molar refractivity (Wildman–Crippen MR) is 93.4 cm³/mol. The van der Waals surface area contributed by atoms with Gasteiger partial charge in [0.15, 0.2) is 5.78 Å². The maximum Gasteiger partial charge on any atom is 0.173 e. The first kappa shape index (κ1) is 14.6. The Hall–Kier alpha value is -2.32. The van der Waals surface area contributed by atoms with Crippen LogP contribution < -0.4 is 0 Å². The molecule has 0 aliphatic carbocycles. The Morgan fingerprint density at radius 2 is 1.23 bits per heavy atom. The molecule has 0 aromatic heterocycles. The molecular formula is C20H16OS. The molecule has 0 aliphatic heterocycles. The Morgan fingerprint density at radius 1 is 0.682 bits per heavy atom. The quantitative estimate of drug-likeness (QED) is 0.468. The highest BCUT2D eigenvalue weighted by atomic mass is 32.2. The van der Waals surface area contributed by atoms with Crippen molar-refractivity contribution < 1.29 is 4.79 Å². The number of carbonyl (C=O) groups is 1. The van der Waals surface area contributed by atoms with Crippen LogP contribution in [0.4, 0.5) is 0 Å². The normalized spacial score (nSPS) is 10.4. The molecule has 3 aromatic carbocycles. The van der Waals surface area contributed by atoms with E-state index in [1.165, 1.54) is 5.56 Å². The molecule has 0 bridgehead atoms. The van der Waals surface area contributed by atoms with Crippen molar-refractivity contribution >= 4 is 17.5 Å². The van der Waals surface area contributed by atoms with Crippen molar-refractivity contribution in [3.05, 3.63) is 90.5 Å². The summed E-state index contributed by atoms with van der Waals surface area (Å²) in [6.45, 7) is 0. The fourth-order valence-corrected chi connectivity index (χ4v) is 3.04. The van der Waals surface area contributed by atoms with Gasteiger partial charge >= 0.3 is 0 Å². The average molecular weight is 304 g/mol. The molecule has 0 aliphatic rings. The highest BCUT2D eigenvalue weighted by Gasteiger charge is 2.07. The third-order valence-corrected chi connectivity index (χ3v) is 4.44. The van der Waals surface area contributed by atoms with Crippen LogP contribution in [0.1, 0.15) is 10.4 Å². The number of Topliss-reactive ketones (excluding diaryl/α,β-unsaturated/α-hetero) is 1. The van der Waals surface area contributed by atoms with Crippen LogP contribution in [0.3, 0.4) is 0 Å². The maximum absolute atomic E-state index is 12.2. The van der Waals surface area contributed by atoms with Crippen LogP contribution in [0.2, 0.25) is 0 Å². The molecule has 0 heterocycles. The van der Waals surface area contributed by atoms with E-state index in [9.17, 15) is 4.79 Å². The largest absolute Gasteiger partial charge is 0.293 e. The molecule has 108 valence electrons. The summed E-state index contributed by atoms with van der Waals surface area (Å²) in [6.07, 6.45) is 0. The predicted octanol–water partition coefficient (Wildman–Crippen LogP) is 5.33. The fraction of sp³-hybridized carbons (Fsp3) is 0.0500. The molecule has 0 saturated heterocycles. The highest BCUT2D eigenvalue weighted by molar-refractivity contribution is 8.00. The van der Waals surface area contributed by atoms with Crippen LogP contribution in [0.5, 0.6) is 0 Å². The van der Waals surface area contributed by atoms with Gasteiger partial charge in [0, 0.05) is 10.5 Å². The lowest BCUT2D eigenvalue weighted by Crippen LogP contribution is -2.01. The van der Waals surface area contributed by atoms with Gasteiger partial charge in [-0.25, -0.2) is 0 Å². The second-order valence-electron chi connectivity index (χ2n) is 4.97. The van der Waals surface area contributed by atoms with Gasteiger partial charge in [0.25, 0.3) is 0 Å². The second kappa shape index (κ2) is 7.10. The molecule has 2 heteroatoms. The number of hydrogen-bond acceptors (Lipinski definition) is 2. The van der Waals surface area contributed by atoms with E-state index < -0.39 is 0 Å². The second-order valence-corrected chi connectivity index (χ2v) is 6.02. The summed E-state index contributed by atoms with van der Waals surface area (Å²) in [6, 6.07) is 28.0. The molecular weight excluding hydrogens is 288 g/mol. The molecule has 0 unspecified atom stereocenters. The Kier molecular flexibility index (Phi) is 4.71. The van der Waals surface area contributed by atoms with E-state index in [1.54, 1.807) is 11.8 Å². The topological polar surface area (TPSA) is 17.1 Å². The zero-order valence-electron chi connectivity index (χ0n) is 12.1. The van der Waals surface area contributed by atoms with Crippen LogP contribution >= 0.6 is 11.8 Å². The Balaban J connectivity index is 1.66. The lowest BCUT2D eigenvalue weighted by atomic mass is 10.0. The van der Waals surface area contributed by atoms with E-state index >= 15 is 0 Å². The van der Waals surface area contributed by atoms with E-state index in [-0.39, 0.29) is 5.78 Å². The first-order valence-corrected chi connectivity index (χ1v) is 8.18. The summed E-state index contributed by atoms with van der Waals surface area (Å²) in [5.74, 6) is 0.628. The van der Waals surface area contributed by atoms with Crippen LogP contribution in [-0.4, -0.2) is 11.5 Å². The van der Waals surface area contributed by atoms with E-state index in [0.717, 1.165) is 16.0 Å². The lowest BCUT2D eigenvalue weighted by molar-refractivity contribution is 0.102. The van der Waals surface area contributed by atoms with Gasteiger partial charge in [0.05, 0.1) is 5.75 Å². The number of ketones is 1. The van der Waals surface area contributed by atoms with Crippen LogP contribution in [0.25, 0.3) is 11.1 Å². The standard InChI is InChI=1S/C20H16OS/c21-20(15-22-19-9-5-2-6-10-19)18-13-11-17(12-14-18)16-7-3-1-4-8-16/h1-14H,15H2. The van der Waals surface area contributed by atoms with E-state index in [4.69, 9.17) is 0 Å². The summed E-state index contributed by atoms with van der Waals surface area (Å²) in [7, 11) is 0. The smallest absolute Gasteiger partial charge is 0.173 e. The van der Waals surface area contributed by atoms with Crippen molar-refractivity contribution in [3.63, 3.8) is 0 Å². The molecule has 0 amide bonds. The zero-order chi connectivity index (χ0) is 15.2. The minimum absolute atomic E-state index is 0.161. The molecule has 0 spiro atoms. The summed E-state index contributed by atoms with van der Waals surface area (Å²) in [5, 5.41) is 0. The number of rotatable bonds is 5. The summed E-state index contributed by atoms with van der Waals surface area (Å²) in [4.78, 5) is 13.4. The van der Waals surface area contributed by atoms with Gasteiger partial charge in [-0.05, 0) is 23.3 Å². The Labute approximate surface area is 135 Å². The first-order chi connectivity index (χ1) is 10.8. The van der Waals surface area contributed by atoms with E-state index in [2.05, 4.69) is 12.1 Å². The number of thioether (sulfide) groups is 1. The van der Waals surface area contributed by atoms with E-state index in [0.29, 0.717) is 5.75 Å². The Morgan fingerprint density at radius 3 is 1.86 bits per heavy atom. The molecule has 3 aromatic rings. The van der Waals surface area contributed by atoms with Gasteiger partial charge in [-0.1, -0.05) is 72.8 Å². The third kappa shape index (κ3) is 3.66. The number of benzene rings is 3. The number of hydrogen-bond donors (Lipinski definition) is 0. The van der Waals surface area contributed by atoms with Gasteiger partial charge in [0.2, 0.25) is 0 Å². The fourth-order valence-electron chi connectivity index (χ4n) is 2.23. The summed E-state index contributed by atoms with van der Waals surface area (Å²) in [5.41, 5.74) is 3.07.